The number of alkyl halides is 1. The molecule has 0 aromatic heterocycles. The molecule has 0 atom stereocenters. The highest BCUT2D eigenvalue weighted by atomic mass is 35.5. The number of ether oxygens (including phenoxy) is 8. The molecule has 0 bridgehead atoms. The Labute approximate surface area is 211 Å². The molecule has 34 heavy (non-hydrogen) atoms. The molecular weight excluding hydrogens is 468 g/mol. The Morgan fingerprint density at radius 2 is 0.882 bits per heavy atom. The van der Waals surface area contributed by atoms with Gasteiger partial charge in [0.25, 0.3) is 0 Å². The van der Waals surface area contributed by atoms with Gasteiger partial charge in [0.1, 0.15) is 12.2 Å². The average molecular weight is 515 g/mol. The summed E-state index contributed by atoms with van der Waals surface area (Å²) in [6.07, 6.45) is 4.49. The number of carbonyl (C=O) groups excluding carboxylic acids is 1. The lowest BCUT2D eigenvalue weighted by Crippen LogP contribution is -2.27. The summed E-state index contributed by atoms with van der Waals surface area (Å²) in [6, 6.07) is 0. The number of halogens is 1. The molecular formula is C24H47ClO9. The number of carbonyl (C=O) groups is 1. The molecule has 0 spiro atoms. The number of unbranched alkanes of at least 4 members (excludes halogenated alkanes) is 3. The molecule has 9 nitrogen and oxygen atoms in total. The lowest BCUT2D eigenvalue weighted by Gasteiger charge is -2.19. The summed E-state index contributed by atoms with van der Waals surface area (Å²) in [5.41, 5.74) is -0.500. The second-order valence-corrected chi connectivity index (χ2v) is 8.79. The molecule has 0 aromatic rings. The van der Waals surface area contributed by atoms with Gasteiger partial charge < -0.3 is 37.9 Å². The predicted octanol–water partition coefficient (Wildman–Crippen LogP) is 3.24. The molecule has 0 rings (SSSR count). The van der Waals surface area contributed by atoms with Crippen LogP contribution in [0.1, 0.15) is 46.5 Å². The fourth-order valence-corrected chi connectivity index (χ4v) is 2.69. The first-order chi connectivity index (χ1) is 16.5. The maximum Gasteiger partial charge on any atom is 0.332 e. The van der Waals surface area contributed by atoms with Crippen LogP contribution >= 0.6 is 11.6 Å². The van der Waals surface area contributed by atoms with E-state index in [0.29, 0.717) is 79.3 Å². The first-order valence-electron chi connectivity index (χ1n) is 12.3. The topological polar surface area (TPSA) is 90.9 Å². The van der Waals surface area contributed by atoms with Crippen molar-refractivity contribution in [3.63, 3.8) is 0 Å². The van der Waals surface area contributed by atoms with E-state index in [0.717, 1.165) is 25.3 Å². The van der Waals surface area contributed by atoms with E-state index in [2.05, 4.69) is 0 Å². The third-order valence-electron chi connectivity index (χ3n) is 4.04. The molecule has 0 aliphatic carbocycles. The van der Waals surface area contributed by atoms with E-state index in [4.69, 9.17) is 49.5 Å². The smallest absolute Gasteiger partial charge is 0.332 e. The van der Waals surface area contributed by atoms with Crippen molar-refractivity contribution in [1.82, 2.24) is 0 Å². The van der Waals surface area contributed by atoms with Crippen molar-refractivity contribution in [2.75, 3.05) is 98.4 Å². The summed E-state index contributed by atoms with van der Waals surface area (Å²) in [5, 5.41) is 0. The van der Waals surface area contributed by atoms with E-state index in [-0.39, 0.29) is 12.6 Å². The number of esters is 1. The summed E-state index contributed by atoms with van der Waals surface area (Å²) in [4.78, 5) is 11.4. The van der Waals surface area contributed by atoms with Crippen LogP contribution < -0.4 is 0 Å². The van der Waals surface area contributed by atoms with Gasteiger partial charge in [-0.1, -0.05) is 12.8 Å². The Kier molecular flexibility index (Phi) is 25.2. The first-order valence-corrected chi connectivity index (χ1v) is 12.8. The summed E-state index contributed by atoms with van der Waals surface area (Å²) in [7, 11) is 0. The van der Waals surface area contributed by atoms with Crippen LogP contribution in [-0.2, 0) is 42.7 Å². The second kappa shape index (κ2) is 25.6. The van der Waals surface area contributed by atoms with Crippen molar-refractivity contribution < 1.29 is 42.7 Å². The van der Waals surface area contributed by atoms with Crippen LogP contribution in [0.2, 0.25) is 0 Å². The SMILES string of the molecule is CC(C)(C)OC(=O)COCCOCCOCCOCCOCCOCCOCCCCCCCl. The average Bonchev–Trinajstić information content (AvgIpc) is 2.78. The minimum Gasteiger partial charge on any atom is -0.458 e. The van der Waals surface area contributed by atoms with Crippen molar-refractivity contribution >= 4 is 17.6 Å². The molecule has 0 aromatic carbocycles. The Morgan fingerprint density at radius 3 is 1.26 bits per heavy atom. The monoisotopic (exact) mass is 514 g/mol. The van der Waals surface area contributed by atoms with Crippen molar-refractivity contribution in [2.24, 2.45) is 0 Å². The Hall–Kier alpha value is -0.520. The summed E-state index contributed by atoms with van der Waals surface area (Å²) in [5.74, 6) is 0.364. The number of hydrogen-bond acceptors (Lipinski definition) is 9. The normalized spacial score (nSPS) is 11.8. The van der Waals surface area contributed by atoms with Gasteiger partial charge >= 0.3 is 5.97 Å². The third-order valence-corrected chi connectivity index (χ3v) is 4.31. The van der Waals surface area contributed by atoms with Crippen LogP contribution in [0.25, 0.3) is 0 Å². The molecule has 0 fully saturated rings. The number of hydrogen-bond donors (Lipinski definition) is 0. The molecule has 0 amide bonds. The lowest BCUT2D eigenvalue weighted by atomic mass is 10.2. The molecule has 0 unspecified atom stereocenters. The highest BCUT2D eigenvalue weighted by Gasteiger charge is 2.15. The van der Waals surface area contributed by atoms with E-state index in [1.54, 1.807) is 0 Å². The van der Waals surface area contributed by atoms with Crippen LogP contribution in [0.4, 0.5) is 0 Å². The predicted molar refractivity (Wildman–Crippen MR) is 131 cm³/mol. The Balaban J connectivity index is 3.10. The van der Waals surface area contributed by atoms with Crippen LogP contribution in [0.5, 0.6) is 0 Å². The Bertz CT molecular complexity index is 433. The number of rotatable bonds is 26. The van der Waals surface area contributed by atoms with Gasteiger partial charge in [0.2, 0.25) is 0 Å². The van der Waals surface area contributed by atoms with Gasteiger partial charge in [0.15, 0.2) is 0 Å². The van der Waals surface area contributed by atoms with Gasteiger partial charge in [-0.05, 0) is 33.6 Å². The minimum absolute atomic E-state index is 0.0729. The van der Waals surface area contributed by atoms with Gasteiger partial charge in [-0.15, -0.1) is 11.6 Å². The second-order valence-electron chi connectivity index (χ2n) is 8.42. The van der Waals surface area contributed by atoms with Gasteiger partial charge in [-0.3, -0.25) is 0 Å². The van der Waals surface area contributed by atoms with Crippen molar-refractivity contribution in [3.05, 3.63) is 0 Å². The molecule has 0 aliphatic rings. The summed E-state index contributed by atoms with van der Waals surface area (Å²) < 4.78 is 43.0. The van der Waals surface area contributed by atoms with E-state index in [1.807, 2.05) is 20.8 Å². The van der Waals surface area contributed by atoms with E-state index in [9.17, 15) is 4.79 Å². The molecule has 10 heteroatoms. The zero-order valence-electron chi connectivity index (χ0n) is 21.5. The fourth-order valence-electron chi connectivity index (χ4n) is 2.50. The van der Waals surface area contributed by atoms with Gasteiger partial charge in [-0.25, -0.2) is 4.79 Å². The maximum absolute atomic E-state index is 11.4. The highest BCUT2D eigenvalue weighted by molar-refractivity contribution is 6.17. The molecule has 0 heterocycles. The van der Waals surface area contributed by atoms with Crippen molar-refractivity contribution in [3.8, 4) is 0 Å². The Morgan fingerprint density at radius 1 is 0.529 bits per heavy atom. The van der Waals surface area contributed by atoms with Gasteiger partial charge in [-0.2, -0.15) is 0 Å². The molecule has 0 saturated heterocycles. The molecule has 0 N–H and O–H groups in total. The summed E-state index contributed by atoms with van der Waals surface area (Å²) in [6.45, 7) is 12.1. The largest absolute Gasteiger partial charge is 0.458 e. The third kappa shape index (κ3) is 29.5. The van der Waals surface area contributed by atoms with E-state index in [1.165, 1.54) is 12.8 Å². The van der Waals surface area contributed by atoms with Gasteiger partial charge in [0.05, 0.1) is 79.3 Å². The molecule has 204 valence electrons. The van der Waals surface area contributed by atoms with Crippen molar-refractivity contribution in [2.45, 2.75) is 52.1 Å². The standard InChI is InChI=1S/C24H47ClO9/c1-24(2,3)34-23(26)22-33-21-20-32-19-18-31-17-16-30-15-14-29-13-12-28-11-10-27-9-7-5-4-6-8-25/h4-22H2,1-3H3. The van der Waals surface area contributed by atoms with Crippen LogP contribution in [0.15, 0.2) is 0 Å². The van der Waals surface area contributed by atoms with Crippen LogP contribution in [-0.4, -0.2) is 110 Å². The maximum atomic E-state index is 11.4. The zero-order valence-corrected chi connectivity index (χ0v) is 22.2. The fraction of sp³-hybridized carbons (Fsp3) is 0.958. The van der Waals surface area contributed by atoms with Crippen LogP contribution in [0, 0.1) is 0 Å². The van der Waals surface area contributed by atoms with Crippen molar-refractivity contribution in [1.29, 1.82) is 0 Å². The minimum atomic E-state index is -0.500. The summed E-state index contributed by atoms with van der Waals surface area (Å²) >= 11 is 5.63. The van der Waals surface area contributed by atoms with Crippen LogP contribution in [0.3, 0.4) is 0 Å². The quantitative estimate of drug-likeness (QED) is 0.0979. The van der Waals surface area contributed by atoms with Gasteiger partial charge in [0, 0.05) is 12.5 Å². The molecule has 0 saturated carbocycles. The molecule has 0 aliphatic heterocycles. The zero-order chi connectivity index (χ0) is 25.2. The molecule has 0 radical (unpaired) electrons. The highest BCUT2D eigenvalue weighted by Crippen LogP contribution is 2.06. The van der Waals surface area contributed by atoms with E-state index >= 15 is 0 Å². The lowest BCUT2D eigenvalue weighted by molar-refractivity contribution is -0.160. The van der Waals surface area contributed by atoms with E-state index < -0.39 is 5.60 Å². The first kappa shape index (κ1) is 33.5.